The van der Waals surface area contributed by atoms with Crippen LogP contribution in [0.4, 0.5) is 4.39 Å². The van der Waals surface area contributed by atoms with E-state index in [4.69, 9.17) is 10.5 Å². The molecule has 0 aliphatic carbocycles. The fourth-order valence-corrected chi connectivity index (χ4v) is 2.20. The Labute approximate surface area is 89.2 Å². The van der Waals surface area contributed by atoms with E-state index in [0.717, 1.165) is 13.0 Å². The van der Waals surface area contributed by atoms with E-state index in [1.807, 2.05) is 13.0 Å². The summed E-state index contributed by atoms with van der Waals surface area (Å²) in [4.78, 5) is 0. The maximum atomic E-state index is 13.5. The fraction of sp³-hybridized carbons (Fsp3) is 0.500. The predicted molar refractivity (Wildman–Crippen MR) is 56.8 cm³/mol. The van der Waals surface area contributed by atoms with Gasteiger partial charge in [0.2, 0.25) is 0 Å². The lowest BCUT2D eigenvalue weighted by Crippen LogP contribution is -2.27. The second-order valence-corrected chi connectivity index (χ2v) is 4.08. The molecular weight excluding hydrogens is 193 g/mol. The van der Waals surface area contributed by atoms with Crippen molar-refractivity contribution in [2.75, 3.05) is 6.61 Å². The van der Waals surface area contributed by atoms with Crippen molar-refractivity contribution in [1.82, 2.24) is 0 Å². The third-order valence-corrected chi connectivity index (χ3v) is 3.16. The van der Waals surface area contributed by atoms with E-state index in [9.17, 15) is 4.39 Å². The van der Waals surface area contributed by atoms with Crippen molar-refractivity contribution in [2.45, 2.75) is 25.5 Å². The molecule has 0 bridgehead atoms. The average molecular weight is 209 g/mol. The van der Waals surface area contributed by atoms with E-state index in [-0.39, 0.29) is 23.9 Å². The second-order valence-electron chi connectivity index (χ2n) is 4.08. The molecule has 2 N–H and O–H groups in total. The molecule has 0 aromatic heterocycles. The van der Waals surface area contributed by atoms with Crippen molar-refractivity contribution in [1.29, 1.82) is 0 Å². The van der Waals surface area contributed by atoms with Crippen LogP contribution in [0.25, 0.3) is 0 Å². The van der Waals surface area contributed by atoms with Crippen molar-refractivity contribution in [2.24, 2.45) is 11.7 Å². The van der Waals surface area contributed by atoms with Crippen molar-refractivity contribution in [3.8, 4) is 0 Å². The van der Waals surface area contributed by atoms with Crippen molar-refractivity contribution in [3.05, 3.63) is 35.6 Å². The Morgan fingerprint density at radius 3 is 2.80 bits per heavy atom. The third kappa shape index (κ3) is 2.03. The van der Waals surface area contributed by atoms with Gasteiger partial charge in [-0.2, -0.15) is 0 Å². The number of hydrogen-bond donors (Lipinski definition) is 1. The minimum absolute atomic E-state index is 0.125. The topological polar surface area (TPSA) is 35.2 Å². The lowest BCUT2D eigenvalue weighted by molar-refractivity contribution is 0.0992. The highest BCUT2D eigenvalue weighted by molar-refractivity contribution is 5.22. The van der Waals surface area contributed by atoms with E-state index in [0.29, 0.717) is 5.56 Å². The Balaban J connectivity index is 2.20. The Morgan fingerprint density at radius 2 is 2.20 bits per heavy atom. The summed E-state index contributed by atoms with van der Waals surface area (Å²) >= 11 is 0. The molecule has 1 aliphatic rings. The molecule has 1 fully saturated rings. The van der Waals surface area contributed by atoms with Gasteiger partial charge in [-0.15, -0.1) is 0 Å². The first-order chi connectivity index (χ1) is 7.20. The zero-order valence-electron chi connectivity index (χ0n) is 8.82. The molecule has 3 atom stereocenters. The molecule has 15 heavy (non-hydrogen) atoms. The van der Waals surface area contributed by atoms with E-state index in [2.05, 4.69) is 0 Å². The molecule has 1 aromatic carbocycles. The molecule has 1 saturated heterocycles. The smallest absolute Gasteiger partial charge is 0.127 e. The maximum Gasteiger partial charge on any atom is 0.127 e. The SMILES string of the molecule is CC1OCCC1C(N)c1ccccc1F. The van der Waals surface area contributed by atoms with Crippen molar-refractivity contribution >= 4 is 0 Å². The number of nitrogens with two attached hydrogens (primary N) is 1. The van der Waals surface area contributed by atoms with E-state index in [1.54, 1.807) is 12.1 Å². The van der Waals surface area contributed by atoms with Crippen LogP contribution in [0.3, 0.4) is 0 Å². The molecule has 1 aliphatic heterocycles. The van der Waals surface area contributed by atoms with E-state index >= 15 is 0 Å². The molecule has 0 saturated carbocycles. The largest absolute Gasteiger partial charge is 0.378 e. The minimum atomic E-state index is -0.260. The summed E-state index contributed by atoms with van der Waals surface area (Å²) in [6.07, 6.45) is 1.04. The highest BCUT2D eigenvalue weighted by atomic mass is 19.1. The van der Waals surface area contributed by atoms with Crippen LogP contribution in [0.15, 0.2) is 24.3 Å². The van der Waals surface area contributed by atoms with Crippen LogP contribution >= 0.6 is 0 Å². The second kappa shape index (κ2) is 4.29. The summed E-state index contributed by atoms with van der Waals surface area (Å²) in [6, 6.07) is 6.45. The van der Waals surface area contributed by atoms with Crippen LogP contribution in [0, 0.1) is 11.7 Å². The van der Waals surface area contributed by atoms with Crippen LogP contribution in [0.5, 0.6) is 0 Å². The van der Waals surface area contributed by atoms with Gasteiger partial charge in [-0.05, 0) is 19.4 Å². The van der Waals surface area contributed by atoms with Crippen LogP contribution in [-0.4, -0.2) is 12.7 Å². The Morgan fingerprint density at radius 1 is 1.47 bits per heavy atom. The fourth-order valence-electron chi connectivity index (χ4n) is 2.20. The van der Waals surface area contributed by atoms with Crippen molar-refractivity contribution in [3.63, 3.8) is 0 Å². The molecule has 1 heterocycles. The highest BCUT2D eigenvalue weighted by Crippen LogP contribution is 2.32. The maximum absolute atomic E-state index is 13.5. The summed E-state index contributed by atoms with van der Waals surface area (Å²) < 4.78 is 18.9. The zero-order valence-corrected chi connectivity index (χ0v) is 8.82. The molecule has 0 radical (unpaired) electrons. The first-order valence-electron chi connectivity index (χ1n) is 5.31. The van der Waals surface area contributed by atoms with Crippen LogP contribution < -0.4 is 5.73 Å². The lowest BCUT2D eigenvalue weighted by atomic mass is 9.89. The predicted octanol–water partition coefficient (Wildman–Crippen LogP) is 2.25. The van der Waals surface area contributed by atoms with Gasteiger partial charge in [0.05, 0.1) is 6.10 Å². The standard InChI is InChI=1S/C12H16FNO/c1-8-9(6-7-15-8)12(14)10-4-2-3-5-11(10)13/h2-5,8-9,12H,6-7,14H2,1H3. The summed E-state index contributed by atoms with van der Waals surface area (Å²) in [7, 11) is 0. The van der Waals surface area contributed by atoms with Crippen LogP contribution in [-0.2, 0) is 4.74 Å². The lowest BCUT2D eigenvalue weighted by Gasteiger charge is -2.22. The zero-order chi connectivity index (χ0) is 10.8. The van der Waals surface area contributed by atoms with Gasteiger partial charge in [-0.3, -0.25) is 0 Å². The first kappa shape index (κ1) is 10.6. The summed E-state index contributed by atoms with van der Waals surface area (Å²) in [5.74, 6) is 0.00556. The molecule has 1 aromatic rings. The third-order valence-electron chi connectivity index (χ3n) is 3.16. The van der Waals surface area contributed by atoms with Gasteiger partial charge in [-0.25, -0.2) is 4.39 Å². The number of hydrogen-bond acceptors (Lipinski definition) is 2. The van der Waals surface area contributed by atoms with Gasteiger partial charge in [0, 0.05) is 24.1 Å². The van der Waals surface area contributed by atoms with E-state index in [1.165, 1.54) is 6.07 Å². The average Bonchev–Trinajstić information content (AvgIpc) is 2.64. The minimum Gasteiger partial charge on any atom is -0.378 e. The number of halogens is 1. The van der Waals surface area contributed by atoms with Crippen LogP contribution in [0.1, 0.15) is 24.9 Å². The van der Waals surface area contributed by atoms with Gasteiger partial charge >= 0.3 is 0 Å². The normalized spacial score (nSPS) is 27.9. The highest BCUT2D eigenvalue weighted by Gasteiger charge is 2.31. The molecule has 0 amide bonds. The Hall–Kier alpha value is -0.930. The van der Waals surface area contributed by atoms with E-state index < -0.39 is 0 Å². The number of rotatable bonds is 2. The molecule has 2 rings (SSSR count). The molecular formula is C12H16FNO. The van der Waals surface area contributed by atoms with Crippen molar-refractivity contribution < 1.29 is 9.13 Å². The van der Waals surface area contributed by atoms with Gasteiger partial charge in [-0.1, -0.05) is 18.2 Å². The first-order valence-corrected chi connectivity index (χ1v) is 5.31. The number of ether oxygens (including phenoxy) is 1. The Kier molecular flexibility index (Phi) is 3.03. The summed E-state index contributed by atoms with van der Waals surface area (Å²) in [5.41, 5.74) is 6.67. The molecule has 3 heteroatoms. The molecule has 2 nitrogen and oxygen atoms in total. The molecule has 3 unspecified atom stereocenters. The monoisotopic (exact) mass is 209 g/mol. The molecule has 82 valence electrons. The summed E-state index contributed by atoms with van der Waals surface area (Å²) in [6.45, 7) is 2.73. The van der Waals surface area contributed by atoms with Crippen LogP contribution in [0.2, 0.25) is 0 Å². The van der Waals surface area contributed by atoms with Gasteiger partial charge in [0.1, 0.15) is 5.82 Å². The van der Waals surface area contributed by atoms with Gasteiger partial charge in [0.25, 0.3) is 0 Å². The quantitative estimate of drug-likeness (QED) is 0.810. The molecule has 0 spiro atoms. The summed E-state index contributed by atoms with van der Waals surface area (Å²) in [5, 5.41) is 0. The Bertz CT molecular complexity index is 342. The number of benzene rings is 1. The van der Waals surface area contributed by atoms with Gasteiger partial charge < -0.3 is 10.5 Å². The van der Waals surface area contributed by atoms with Gasteiger partial charge in [0.15, 0.2) is 0 Å².